The number of benzene rings is 2. The Kier molecular flexibility index (Phi) is 3.49. The van der Waals surface area contributed by atoms with E-state index in [4.69, 9.17) is 0 Å². The lowest BCUT2D eigenvalue weighted by Gasteiger charge is -2.34. The van der Waals surface area contributed by atoms with E-state index in [9.17, 15) is 14.7 Å². The monoisotopic (exact) mass is 336 g/mol. The molecule has 2 heterocycles. The Balaban J connectivity index is 1.72. The van der Waals surface area contributed by atoms with Crippen LogP contribution in [0.2, 0.25) is 0 Å². The Labute approximate surface area is 143 Å². The van der Waals surface area contributed by atoms with Crippen molar-refractivity contribution in [3.05, 3.63) is 59.2 Å². The van der Waals surface area contributed by atoms with Gasteiger partial charge in [-0.3, -0.25) is 4.79 Å². The molecular weight excluding hydrogens is 320 g/mol. The number of hydrogen-bond acceptors (Lipinski definition) is 4. The number of fused-ring (bicyclic) bond motifs is 2. The molecule has 0 saturated carbocycles. The van der Waals surface area contributed by atoms with Crippen molar-refractivity contribution in [3.8, 4) is 0 Å². The van der Waals surface area contributed by atoms with E-state index in [0.717, 1.165) is 16.6 Å². The van der Waals surface area contributed by atoms with Crippen molar-refractivity contribution in [1.82, 2.24) is 19.9 Å². The van der Waals surface area contributed by atoms with Gasteiger partial charge in [-0.1, -0.05) is 29.5 Å². The van der Waals surface area contributed by atoms with Crippen LogP contribution in [0.4, 0.5) is 0 Å². The van der Waals surface area contributed by atoms with Gasteiger partial charge >= 0.3 is 5.97 Å². The summed E-state index contributed by atoms with van der Waals surface area (Å²) < 4.78 is 1.63. The Morgan fingerprint density at radius 1 is 1.16 bits per heavy atom. The molecule has 0 fully saturated rings. The highest BCUT2D eigenvalue weighted by molar-refractivity contribution is 5.99. The smallest absolute Gasteiger partial charge is 0.326 e. The summed E-state index contributed by atoms with van der Waals surface area (Å²) in [5, 5.41) is 17.5. The molecule has 1 aliphatic rings. The predicted molar refractivity (Wildman–Crippen MR) is 90.0 cm³/mol. The number of carbonyl (C=O) groups excluding carboxylic acids is 1. The highest BCUT2D eigenvalue weighted by atomic mass is 16.4. The maximum absolute atomic E-state index is 13.0. The number of carboxylic acids is 1. The normalized spacial score (nSPS) is 16.7. The molecule has 0 spiro atoms. The minimum atomic E-state index is -0.997. The number of carboxylic acid groups (broad SMARTS) is 1. The summed E-state index contributed by atoms with van der Waals surface area (Å²) in [6, 6.07) is 11.9. The lowest BCUT2D eigenvalue weighted by atomic mass is 9.93. The van der Waals surface area contributed by atoms with E-state index in [-0.39, 0.29) is 12.5 Å². The van der Waals surface area contributed by atoms with Crippen molar-refractivity contribution in [3.63, 3.8) is 0 Å². The standard InChI is InChI=1S/C18H16N4O3/c1-21-15-7-6-12(8-14(15)19-20-21)17(23)22-10-13-5-3-2-4-11(13)9-16(22)18(24)25/h2-8,16H,9-10H2,1H3,(H,24,25). The Morgan fingerprint density at radius 2 is 1.92 bits per heavy atom. The second-order valence-electron chi connectivity index (χ2n) is 6.18. The number of amides is 1. The number of aromatic nitrogens is 3. The molecule has 0 saturated heterocycles. The van der Waals surface area contributed by atoms with Crippen LogP contribution < -0.4 is 0 Å². The molecule has 0 bridgehead atoms. The largest absolute Gasteiger partial charge is 0.480 e. The number of hydrogen-bond donors (Lipinski definition) is 1. The van der Waals surface area contributed by atoms with Crippen molar-refractivity contribution >= 4 is 22.9 Å². The van der Waals surface area contributed by atoms with Crippen molar-refractivity contribution < 1.29 is 14.7 Å². The number of nitrogens with zero attached hydrogens (tertiary/aromatic N) is 4. The molecule has 0 aliphatic carbocycles. The van der Waals surface area contributed by atoms with Crippen molar-refractivity contribution in [2.24, 2.45) is 7.05 Å². The summed E-state index contributed by atoms with van der Waals surface area (Å²) in [5.74, 6) is -1.31. The zero-order valence-electron chi connectivity index (χ0n) is 13.6. The highest BCUT2D eigenvalue weighted by Gasteiger charge is 2.35. The van der Waals surface area contributed by atoms with Crippen molar-refractivity contribution in [2.75, 3.05) is 0 Å². The summed E-state index contributed by atoms with van der Waals surface area (Å²) in [6.07, 6.45) is 0.310. The molecule has 1 aliphatic heterocycles. The third-order valence-corrected chi connectivity index (χ3v) is 4.65. The van der Waals surface area contributed by atoms with Gasteiger partial charge in [-0.2, -0.15) is 0 Å². The summed E-state index contributed by atoms with van der Waals surface area (Å²) in [6.45, 7) is 0.282. The molecule has 7 nitrogen and oxygen atoms in total. The molecule has 1 atom stereocenters. The van der Waals surface area contributed by atoms with E-state index in [2.05, 4.69) is 10.3 Å². The van der Waals surface area contributed by atoms with Crippen LogP contribution in [-0.2, 0) is 24.8 Å². The van der Waals surface area contributed by atoms with Crippen LogP contribution in [-0.4, -0.2) is 42.9 Å². The molecule has 4 rings (SSSR count). The van der Waals surface area contributed by atoms with E-state index in [0.29, 0.717) is 17.5 Å². The molecule has 7 heteroatoms. The minimum Gasteiger partial charge on any atom is -0.480 e. The van der Waals surface area contributed by atoms with Gasteiger partial charge in [0.1, 0.15) is 11.6 Å². The van der Waals surface area contributed by atoms with Crippen LogP contribution in [0.1, 0.15) is 21.5 Å². The topological polar surface area (TPSA) is 88.3 Å². The third-order valence-electron chi connectivity index (χ3n) is 4.65. The number of rotatable bonds is 2. The maximum Gasteiger partial charge on any atom is 0.326 e. The Hall–Kier alpha value is -3.22. The van der Waals surface area contributed by atoms with Gasteiger partial charge < -0.3 is 10.0 Å². The summed E-state index contributed by atoms with van der Waals surface area (Å²) >= 11 is 0. The lowest BCUT2D eigenvalue weighted by molar-refractivity contribution is -0.142. The average molecular weight is 336 g/mol. The maximum atomic E-state index is 13.0. The molecule has 2 aromatic carbocycles. The molecule has 1 amide bonds. The molecule has 1 unspecified atom stereocenters. The highest BCUT2D eigenvalue weighted by Crippen LogP contribution is 2.26. The number of carbonyl (C=O) groups is 2. The van der Waals surface area contributed by atoms with Gasteiger partial charge in [-0.25, -0.2) is 9.48 Å². The summed E-state index contributed by atoms with van der Waals surface area (Å²) in [5.41, 5.74) is 3.80. The van der Waals surface area contributed by atoms with Gasteiger partial charge in [0.25, 0.3) is 5.91 Å². The number of aryl methyl sites for hydroxylation is 1. The Bertz CT molecular complexity index is 995. The first kappa shape index (κ1) is 15.3. The van der Waals surface area contributed by atoms with Crippen molar-refractivity contribution in [2.45, 2.75) is 19.0 Å². The average Bonchev–Trinajstić information content (AvgIpc) is 3.00. The van der Waals surface area contributed by atoms with Gasteiger partial charge in [-0.05, 0) is 29.3 Å². The van der Waals surface area contributed by atoms with Crippen LogP contribution in [0.15, 0.2) is 42.5 Å². The van der Waals surface area contributed by atoms with Gasteiger partial charge in [0.05, 0.1) is 5.52 Å². The molecule has 0 radical (unpaired) electrons. The van der Waals surface area contributed by atoms with Crippen molar-refractivity contribution in [1.29, 1.82) is 0 Å². The van der Waals surface area contributed by atoms with Gasteiger partial charge in [0, 0.05) is 25.6 Å². The van der Waals surface area contributed by atoms with E-state index in [1.807, 2.05) is 24.3 Å². The van der Waals surface area contributed by atoms with Gasteiger partial charge in [-0.15, -0.1) is 5.10 Å². The third kappa shape index (κ3) is 2.53. The number of aliphatic carboxylic acids is 1. The first-order valence-electron chi connectivity index (χ1n) is 7.94. The van der Waals surface area contributed by atoms with Crippen LogP contribution in [0, 0.1) is 0 Å². The van der Waals surface area contributed by atoms with Crippen LogP contribution >= 0.6 is 0 Å². The zero-order chi connectivity index (χ0) is 17.6. The summed E-state index contributed by atoms with van der Waals surface area (Å²) in [4.78, 5) is 26.1. The van der Waals surface area contributed by atoms with Gasteiger partial charge in [0.2, 0.25) is 0 Å². The molecule has 1 N–H and O–H groups in total. The quantitative estimate of drug-likeness (QED) is 0.768. The van der Waals surface area contributed by atoms with E-state index >= 15 is 0 Å². The van der Waals surface area contributed by atoms with Gasteiger partial charge in [0.15, 0.2) is 0 Å². The van der Waals surface area contributed by atoms with Crippen LogP contribution in [0.5, 0.6) is 0 Å². The first-order valence-corrected chi connectivity index (χ1v) is 7.94. The first-order chi connectivity index (χ1) is 12.0. The summed E-state index contributed by atoms with van der Waals surface area (Å²) in [7, 11) is 1.78. The van der Waals surface area contributed by atoms with E-state index in [1.54, 1.807) is 29.9 Å². The Morgan fingerprint density at radius 3 is 2.68 bits per heavy atom. The molecule has 1 aromatic heterocycles. The SMILES string of the molecule is Cn1nnc2cc(C(=O)N3Cc4ccccc4CC3C(=O)O)ccc21. The fourth-order valence-electron chi connectivity index (χ4n) is 3.30. The zero-order valence-corrected chi connectivity index (χ0v) is 13.6. The molecule has 25 heavy (non-hydrogen) atoms. The molecular formula is C18H16N4O3. The van der Waals surface area contributed by atoms with E-state index < -0.39 is 12.0 Å². The van der Waals surface area contributed by atoms with Crippen LogP contribution in [0.25, 0.3) is 11.0 Å². The minimum absolute atomic E-state index is 0.282. The fourth-order valence-corrected chi connectivity index (χ4v) is 3.30. The predicted octanol–water partition coefficient (Wildman–Crippen LogP) is 1.62. The van der Waals surface area contributed by atoms with Crippen LogP contribution in [0.3, 0.4) is 0 Å². The lowest BCUT2D eigenvalue weighted by Crippen LogP contribution is -2.48. The molecule has 126 valence electrons. The second kappa shape index (κ2) is 5.70. The second-order valence-corrected chi connectivity index (χ2v) is 6.18. The fraction of sp³-hybridized carbons (Fsp3) is 0.222. The van der Waals surface area contributed by atoms with E-state index in [1.165, 1.54) is 4.90 Å². The molecule has 3 aromatic rings.